The first kappa shape index (κ1) is 68.2. The maximum Gasteiger partial charge on any atom is 0.0374 e. The predicted octanol–water partition coefficient (Wildman–Crippen LogP) is 22.8. The van der Waals surface area contributed by atoms with Crippen LogP contribution in [0, 0.1) is 23.7 Å². The van der Waals surface area contributed by atoms with E-state index >= 15 is 0 Å². The Morgan fingerprint density at radius 2 is 0.468 bits per heavy atom. The minimum atomic E-state index is 0. The normalized spacial score (nSPS) is 21.1. The van der Waals surface area contributed by atoms with Gasteiger partial charge in [0.1, 0.15) is 0 Å². The summed E-state index contributed by atoms with van der Waals surface area (Å²) in [5, 5.41) is 7.21. The number of hydrogen-bond acceptors (Lipinski definition) is 2. The lowest BCUT2D eigenvalue weighted by molar-refractivity contribution is 0.347. The maximum absolute atomic E-state index is 7.98. The lowest BCUT2D eigenvalue weighted by atomic mass is 9.90. The second kappa shape index (κ2) is 53.2. The van der Waals surface area contributed by atoms with Crippen molar-refractivity contribution in [2.45, 2.75) is 323 Å². The Kier molecular flexibility index (Phi) is 58.5. The summed E-state index contributed by atoms with van der Waals surface area (Å²) in [6.45, 7) is 17.0. The van der Waals surface area contributed by atoms with Gasteiger partial charge >= 0.3 is 0 Å². The standard InChI is InChI=1S/2C10H18.2C5H9Br.2C5H9N3.4C3H8.2CH4/c2*1-2-6-9(5-1)10-7-3-4-8-10;2*6-5-3-1-2-4-5;2*6-8-7-5-3-1-2-4-5;4*1-3-2;;/h2*9-10H,1-8H2;2*5H,1-4H2;2*5H,1-4H2;4*3H2,1-2H3;2*1H4. The lowest BCUT2D eigenvalue weighted by Crippen LogP contribution is -2.06. The van der Waals surface area contributed by atoms with E-state index in [0.717, 1.165) is 59.0 Å². The summed E-state index contributed by atoms with van der Waals surface area (Å²) in [6, 6.07) is 0.639. The molecule has 0 aromatic rings. The first-order valence-corrected chi connectivity index (χ1v) is 28.4. The van der Waals surface area contributed by atoms with Crippen LogP contribution in [0.3, 0.4) is 0 Å². The molecule has 8 heteroatoms. The maximum atomic E-state index is 7.98. The smallest absolute Gasteiger partial charge is 0.0374 e. The van der Waals surface area contributed by atoms with Gasteiger partial charge in [-0.3, -0.25) is 0 Å². The lowest BCUT2D eigenvalue weighted by Gasteiger charge is -2.16. The average Bonchev–Trinajstić information content (AvgIpc) is 4.07. The molecule has 0 bridgehead atoms. The number of halogens is 2. The van der Waals surface area contributed by atoms with Crippen LogP contribution in [-0.4, -0.2) is 21.7 Å². The highest BCUT2D eigenvalue weighted by Crippen LogP contribution is 2.41. The molecule has 0 radical (unpaired) electrons. The van der Waals surface area contributed by atoms with Crippen molar-refractivity contribution in [1.82, 2.24) is 0 Å². The Hall–Kier alpha value is -0.420. The van der Waals surface area contributed by atoms with E-state index in [1.165, 1.54) is 154 Å². The van der Waals surface area contributed by atoms with E-state index in [0.29, 0.717) is 12.1 Å². The molecule has 8 rings (SSSR count). The molecule has 62 heavy (non-hydrogen) atoms. The van der Waals surface area contributed by atoms with Gasteiger partial charge in [0.05, 0.1) is 0 Å². The van der Waals surface area contributed by atoms with Crippen LogP contribution in [0.2, 0.25) is 0 Å². The van der Waals surface area contributed by atoms with Gasteiger partial charge in [-0.15, -0.1) is 0 Å². The van der Waals surface area contributed by atoms with E-state index in [2.05, 4.69) is 107 Å². The molecule has 0 aliphatic heterocycles. The van der Waals surface area contributed by atoms with Gasteiger partial charge in [-0.05, 0) is 86.1 Å². The minimum absolute atomic E-state index is 0. The molecule has 8 aliphatic rings. The summed E-state index contributed by atoms with van der Waals surface area (Å²) in [6.07, 6.45) is 50.4. The Balaban J connectivity index is -0.000000310. The molecule has 0 amide bonds. The van der Waals surface area contributed by atoms with Gasteiger partial charge in [0.2, 0.25) is 0 Å². The molecule has 8 saturated carbocycles. The second-order valence-corrected chi connectivity index (χ2v) is 21.6. The molecule has 6 nitrogen and oxygen atoms in total. The van der Waals surface area contributed by atoms with Crippen LogP contribution < -0.4 is 0 Å². The average molecular weight is 1010 g/mol. The molecule has 0 atom stereocenters. The third-order valence-electron chi connectivity index (χ3n) is 12.6. The van der Waals surface area contributed by atoms with Crippen molar-refractivity contribution >= 4 is 31.9 Å². The van der Waals surface area contributed by atoms with Gasteiger partial charge in [-0.2, -0.15) is 0 Å². The Morgan fingerprint density at radius 3 is 0.597 bits per heavy atom. The highest BCUT2D eigenvalue weighted by Gasteiger charge is 2.28. The van der Waals surface area contributed by atoms with Gasteiger partial charge in [-0.1, -0.05) is 292 Å². The first-order valence-electron chi connectivity index (χ1n) is 26.6. The largest absolute Gasteiger partial charge is 0.0906 e. The fraction of sp³-hybridized carbons (Fsp3) is 1.00. The summed E-state index contributed by atoms with van der Waals surface area (Å²) in [7, 11) is 0. The van der Waals surface area contributed by atoms with Crippen LogP contribution in [0.15, 0.2) is 10.2 Å². The summed E-state index contributed by atoms with van der Waals surface area (Å²) in [5.41, 5.74) is 16.0. The van der Waals surface area contributed by atoms with Crippen molar-refractivity contribution in [2.75, 3.05) is 0 Å². The van der Waals surface area contributed by atoms with Gasteiger partial charge in [0.25, 0.3) is 0 Å². The van der Waals surface area contributed by atoms with E-state index in [-0.39, 0.29) is 14.9 Å². The van der Waals surface area contributed by atoms with E-state index in [1.54, 1.807) is 51.4 Å². The van der Waals surface area contributed by atoms with E-state index in [9.17, 15) is 0 Å². The van der Waals surface area contributed by atoms with E-state index < -0.39 is 0 Å². The molecule has 0 N–H and O–H groups in total. The Morgan fingerprint density at radius 1 is 0.323 bits per heavy atom. The van der Waals surface area contributed by atoms with Gasteiger partial charge in [-0.25, -0.2) is 0 Å². The Bertz CT molecular complexity index is 815. The quantitative estimate of drug-likeness (QED) is 0.116. The van der Waals surface area contributed by atoms with Crippen molar-refractivity contribution in [3.8, 4) is 0 Å². The third kappa shape index (κ3) is 42.2. The summed E-state index contributed by atoms with van der Waals surface area (Å²) in [4.78, 5) is 7.20. The van der Waals surface area contributed by atoms with Gasteiger partial charge < -0.3 is 0 Å². The van der Waals surface area contributed by atoms with Crippen molar-refractivity contribution in [2.24, 2.45) is 33.9 Å². The number of hydrogen-bond donors (Lipinski definition) is 0. The fourth-order valence-electron chi connectivity index (χ4n) is 9.65. The predicted molar refractivity (Wildman–Crippen MR) is 290 cm³/mol. The molecule has 0 aromatic heterocycles. The monoisotopic (exact) mass is 1000 g/mol. The zero-order valence-electron chi connectivity index (χ0n) is 41.5. The zero-order valence-corrected chi connectivity index (χ0v) is 44.7. The topological polar surface area (TPSA) is 97.5 Å². The molecule has 0 unspecified atom stereocenters. The SMILES string of the molecule is BrC1CCCC1.BrC1CCCC1.C.C.C1CCC(C2CCCC2)C1.C1CCC(C2CCCC2)C1.CCC.CCC.CCC.CCC.[N-]=[N+]=NC1CCCC1.[N-]=[N+]=NC1CCCC1. The van der Waals surface area contributed by atoms with Crippen LogP contribution in [0.25, 0.3) is 20.9 Å². The second-order valence-electron chi connectivity index (χ2n) is 19.1. The van der Waals surface area contributed by atoms with Crippen molar-refractivity contribution in [1.29, 1.82) is 0 Å². The number of azide groups is 2. The highest BCUT2D eigenvalue weighted by atomic mass is 79.9. The van der Waals surface area contributed by atoms with Gasteiger partial charge in [0, 0.05) is 31.6 Å². The van der Waals surface area contributed by atoms with Crippen LogP contribution in [0.1, 0.15) is 301 Å². The molecule has 8 fully saturated rings. The third-order valence-corrected chi connectivity index (χ3v) is 14.4. The number of rotatable bonds is 4. The summed E-state index contributed by atoms with van der Waals surface area (Å²) >= 11 is 7.08. The summed E-state index contributed by atoms with van der Waals surface area (Å²) in [5.74, 6) is 4.62. The van der Waals surface area contributed by atoms with Crippen LogP contribution in [0.4, 0.5) is 0 Å². The molecule has 0 heterocycles. The number of nitrogens with zero attached hydrogens (tertiary/aromatic N) is 6. The molecule has 0 spiro atoms. The molecule has 8 aliphatic carbocycles. The van der Waals surface area contributed by atoms with Crippen molar-refractivity contribution in [3.63, 3.8) is 0 Å². The molecule has 372 valence electrons. The van der Waals surface area contributed by atoms with Gasteiger partial charge in [0.15, 0.2) is 0 Å². The molecule has 0 aromatic carbocycles. The van der Waals surface area contributed by atoms with Crippen LogP contribution in [0.5, 0.6) is 0 Å². The summed E-state index contributed by atoms with van der Waals surface area (Å²) < 4.78 is 0. The zero-order chi connectivity index (χ0) is 44.9. The van der Waals surface area contributed by atoms with Crippen LogP contribution >= 0.6 is 31.9 Å². The molecular formula is C54H112Br2N6. The van der Waals surface area contributed by atoms with Crippen LogP contribution in [-0.2, 0) is 0 Å². The Labute approximate surface area is 407 Å². The van der Waals surface area contributed by atoms with E-state index in [1.807, 2.05) is 0 Å². The highest BCUT2D eigenvalue weighted by molar-refractivity contribution is 9.09. The van der Waals surface area contributed by atoms with Crippen molar-refractivity contribution < 1.29 is 0 Å². The fourth-order valence-corrected chi connectivity index (χ4v) is 10.9. The minimum Gasteiger partial charge on any atom is -0.0906 e. The first-order chi connectivity index (χ1) is 29.2. The van der Waals surface area contributed by atoms with Crippen molar-refractivity contribution in [3.05, 3.63) is 20.9 Å². The molecular weight excluding hydrogens is 892 g/mol. The van der Waals surface area contributed by atoms with E-state index in [4.69, 9.17) is 11.1 Å². The number of alkyl halides is 2. The molecule has 0 saturated heterocycles.